The summed E-state index contributed by atoms with van der Waals surface area (Å²) >= 11 is 0. The molecule has 0 aromatic carbocycles. The van der Waals surface area contributed by atoms with Crippen molar-refractivity contribution in [3.63, 3.8) is 0 Å². The van der Waals surface area contributed by atoms with E-state index < -0.39 is 0 Å². The molecule has 1 fully saturated rings. The van der Waals surface area contributed by atoms with Gasteiger partial charge in [0.15, 0.2) is 0 Å². The van der Waals surface area contributed by atoms with E-state index in [1.807, 2.05) is 0 Å². The standard InChI is InChI=1S/C5H11NO2/c6-5-4-7-2-1-3-8-5/h5H,1-4,6H2. The highest BCUT2D eigenvalue weighted by Crippen LogP contribution is 1.94. The Morgan fingerprint density at radius 2 is 2.25 bits per heavy atom. The van der Waals surface area contributed by atoms with E-state index in [9.17, 15) is 0 Å². The third-order valence-electron chi connectivity index (χ3n) is 1.05. The van der Waals surface area contributed by atoms with Gasteiger partial charge in [0, 0.05) is 6.61 Å². The molecule has 0 aliphatic carbocycles. The highest BCUT2D eigenvalue weighted by molar-refractivity contribution is 4.49. The van der Waals surface area contributed by atoms with E-state index in [0.717, 1.165) is 19.6 Å². The average molecular weight is 117 g/mol. The molecule has 8 heavy (non-hydrogen) atoms. The monoisotopic (exact) mass is 117 g/mol. The maximum absolute atomic E-state index is 5.39. The second kappa shape index (κ2) is 3.02. The molecule has 2 N–H and O–H groups in total. The predicted octanol–water partition coefficient (Wildman–Crippen LogP) is -0.292. The van der Waals surface area contributed by atoms with Crippen molar-refractivity contribution >= 4 is 0 Å². The van der Waals surface area contributed by atoms with Crippen LogP contribution < -0.4 is 5.73 Å². The SMILES string of the molecule is NC1COCCCO1. The Morgan fingerprint density at radius 3 is 3.12 bits per heavy atom. The van der Waals surface area contributed by atoms with Crippen molar-refractivity contribution in [3.8, 4) is 0 Å². The average Bonchev–Trinajstić information content (AvgIpc) is 1.94. The molecule has 1 heterocycles. The minimum Gasteiger partial charge on any atom is -0.377 e. The van der Waals surface area contributed by atoms with E-state index in [1.54, 1.807) is 0 Å². The number of ether oxygens (including phenoxy) is 2. The van der Waals surface area contributed by atoms with Crippen LogP contribution in [0.25, 0.3) is 0 Å². The topological polar surface area (TPSA) is 44.5 Å². The summed E-state index contributed by atoms with van der Waals surface area (Å²) in [6, 6.07) is 0. The van der Waals surface area contributed by atoms with Crippen LogP contribution in [-0.4, -0.2) is 26.0 Å². The van der Waals surface area contributed by atoms with Gasteiger partial charge in [0.25, 0.3) is 0 Å². The lowest BCUT2D eigenvalue weighted by Gasteiger charge is -2.05. The first kappa shape index (κ1) is 6.01. The van der Waals surface area contributed by atoms with Gasteiger partial charge >= 0.3 is 0 Å². The summed E-state index contributed by atoms with van der Waals surface area (Å²) in [5.41, 5.74) is 5.39. The maximum Gasteiger partial charge on any atom is 0.129 e. The third kappa shape index (κ3) is 1.78. The molecule has 48 valence electrons. The Hall–Kier alpha value is -0.120. The zero-order valence-electron chi connectivity index (χ0n) is 4.80. The van der Waals surface area contributed by atoms with Crippen molar-refractivity contribution in [2.45, 2.75) is 12.6 Å². The molecule has 1 aliphatic rings. The number of hydrogen-bond acceptors (Lipinski definition) is 3. The fourth-order valence-corrected chi connectivity index (χ4v) is 0.643. The number of nitrogens with two attached hydrogens (primary N) is 1. The van der Waals surface area contributed by atoms with Crippen LogP contribution in [0.4, 0.5) is 0 Å². The van der Waals surface area contributed by atoms with Crippen molar-refractivity contribution in [3.05, 3.63) is 0 Å². The van der Waals surface area contributed by atoms with Gasteiger partial charge in [-0.15, -0.1) is 0 Å². The second-order valence-electron chi connectivity index (χ2n) is 1.84. The molecule has 3 heteroatoms. The predicted molar refractivity (Wildman–Crippen MR) is 29.4 cm³/mol. The molecule has 0 amide bonds. The number of rotatable bonds is 0. The Morgan fingerprint density at radius 1 is 1.38 bits per heavy atom. The normalized spacial score (nSPS) is 31.9. The minimum absolute atomic E-state index is 0.197. The van der Waals surface area contributed by atoms with Crippen molar-refractivity contribution in [1.82, 2.24) is 0 Å². The smallest absolute Gasteiger partial charge is 0.129 e. The van der Waals surface area contributed by atoms with E-state index in [-0.39, 0.29) is 6.23 Å². The van der Waals surface area contributed by atoms with E-state index in [1.165, 1.54) is 0 Å². The van der Waals surface area contributed by atoms with Crippen LogP contribution in [0, 0.1) is 0 Å². The minimum atomic E-state index is -0.197. The summed E-state index contributed by atoms with van der Waals surface area (Å²) in [6.45, 7) is 2.06. The molecule has 3 nitrogen and oxygen atoms in total. The van der Waals surface area contributed by atoms with Crippen LogP contribution >= 0.6 is 0 Å². The molecule has 0 aromatic heterocycles. The lowest BCUT2D eigenvalue weighted by molar-refractivity contribution is 0.0307. The first-order valence-corrected chi connectivity index (χ1v) is 2.84. The summed E-state index contributed by atoms with van der Waals surface area (Å²) in [4.78, 5) is 0. The largest absolute Gasteiger partial charge is 0.377 e. The summed E-state index contributed by atoms with van der Waals surface area (Å²) in [5, 5.41) is 0. The zero-order chi connectivity index (χ0) is 5.82. The molecule has 0 radical (unpaired) electrons. The molecule has 0 bridgehead atoms. The van der Waals surface area contributed by atoms with Crippen molar-refractivity contribution in [1.29, 1.82) is 0 Å². The fraction of sp³-hybridized carbons (Fsp3) is 1.00. The molecule has 1 aliphatic heterocycles. The Kier molecular flexibility index (Phi) is 2.27. The lowest BCUT2D eigenvalue weighted by Crippen LogP contribution is -2.27. The molecule has 1 rings (SSSR count). The quantitative estimate of drug-likeness (QED) is 0.474. The van der Waals surface area contributed by atoms with Gasteiger partial charge < -0.3 is 15.2 Å². The van der Waals surface area contributed by atoms with E-state index in [2.05, 4.69) is 0 Å². The highest BCUT2D eigenvalue weighted by atomic mass is 16.5. The Balaban J connectivity index is 2.17. The van der Waals surface area contributed by atoms with Crippen LogP contribution in [0.15, 0.2) is 0 Å². The van der Waals surface area contributed by atoms with Gasteiger partial charge in [-0.1, -0.05) is 0 Å². The molecule has 0 spiro atoms. The van der Waals surface area contributed by atoms with Crippen LogP contribution in [-0.2, 0) is 9.47 Å². The molecule has 1 saturated heterocycles. The number of hydrogen-bond donors (Lipinski definition) is 1. The van der Waals surface area contributed by atoms with Gasteiger partial charge in [-0.25, -0.2) is 0 Å². The van der Waals surface area contributed by atoms with Gasteiger partial charge in [0.2, 0.25) is 0 Å². The van der Waals surface area contributed by atoms with E-state index in [0.29, 0.717) is 6.61 Å². The first-order valence-electron chi connectivity index (χ1n) is 2.84. The van der Waals surface area contributed by atoms with Gasteiger partial charge in [-0.3, -0.25) is 0 Å². The molecule has 1 unspecified atom stereocenters. The van der Waals surface area contributed by atoms with Crippen LogP contribution in [0.3, 0.4) is 0 Å². The summed E-state index contributed by atoms with van der Waals surface area (Å²) in [6.07, 6.45) is 0.769. The second-order valence-corrected chi connectivity index (χ2v) is 1.84. The highest BCUT2D eigenvalue weighted by Gasteiger charge is 2.05. The Bertz CT molecular complexity index is 59.4. The van der Waals surface area contributed by atoms with Crippen molar-refractivity contribution in [2.24, 2.45) is 5.73 Å². The van der Waals surface area contributed by atoms with Crippen LogP contribution in [0.2, 0.25) is 0 Å². The van der Waals surface area contributed by atoms with Gasteiger partial charge in [-0.05, 0) is 6.42 Å². The summed E-state index contributed by atoms with van der Waals surface area (Å²) in [5.74, 6) is 0. The Labute approximate surface area is 48.8 Å². The maximum atomic E-state index is 5.39. The molecular weight excluding hydrogens is 106 g/mol. The van der Waals surface area contributed by atoms with Crippen LogP contribution in [0.5, 0.6) is 0 Å². The van der Waals surface area contributed by atoms with Crippen molar-refractivity contribution in [2.75, 3.05) is 19.8 Å². The van der Waals surface area contributed by atoms with Gasteiger partial charge in [0.05, 0.1) is 13.2 Å². The molecular formula is C5H11NO2. The summed E-state index contributed by atoms with van der Waals surface area (Å²) < 4.78 is 10.1. The molecule has 0 saturated carbocycles. The van der Waals surface area contributed by atoms with Gasteiger partial charge in [0.1, 0.15) is 6.23 Å². The fourth-order valence-electron chi connectivity index (χ4n) is 0.643. The molecule has 0 aromatic rings. The van der Waals surface area contributed by atoms with E-state index >= 15 is 0 Å². The first-order chi connectivity index (χ1) is 3.89. The van der Waals surface area contributed by atoms with E-state index in [4.69, 9.17) is 15.2 Å². The summed E-state index contributed by atoms with van der Waals surface area (Å²) in [7, 11) is 0. The lowest BCUT2D eigenvalue weighted by atomic mass is 10.5. The van der Waals surface area contributed by atoms with Crippen molar-refractivity contribution < 1.29 is 9.47 Å². The zero-order valence-corrected chi connectivity index (χ0v) is 4.80. The van der Waals surface area contributed by atoms with Crippen LogP contribution in [0.1, 0.15) is 6.42 Å². The third-order valence-corrected chi connectivity index (χ3v) is 1.05. The van der Waals surface area contributed by atoms with Gasteiger partial charge in [-0.2, -0.15) is 0 Å². The molecule has 1 atom stereocenters.